The Morgan fingerprint density at radius 3 is 2.65 bits per heavy atom. The summed E-state index contributed by atoms with van der Waals surface area (Å²) in [6, 6.07) is 19.6. The summed E-state index contributed by atoms with van der Waals surface area (Å²) in [5.74, 6) is 7.32. The Labute approximate surface area is 364 Å². The summed E-state index contributed by atoms with van der Waals surface area (Å²) in [4.78, 5) is 59.5. The number of fused-ring (bicyclic) bond motifs is 4. The van der Waals surface area contributed by atoms with Gasteiger partial charge >= 0.3 is 5.97 Å². The highest BCUT2D eigenvalue weighted by Crippen LogP contribution is 2.37. The molecule has 3 amide bonds. The zero-order valence-corrected chi connectivity index (χ0v) is 35.5. The maximum atomic E-state index is 13.2. The predicted molar refractivity (Wildman–Crippen MR) is 231 cm³/mol. The molecule has 1 atom stereocenters. The minimum Gasteiger partial charge on any atom is -0.464 e. The molecular weight excluding hydrogens is 805 g/mol. The fourth-order valence-electron chi connectivity index (χ4n) is 8.70. The van der Waals surface area contributed by atoms with Gasteiger partial charge in [0.05, 0.1) is 11.5 Å². The molecule has 0 radical (unpaired) electrons. The first kappa shape index (κ1) is 41.2. The van der Waals surface area contributed by atoms with Crippen LogP contribution in [0.3, 0.4) is 0 Å². The summed E-state index contributed by atoms with van der Waals surface area (Å²) in [5, 5.41) is 15.7. The number of imide groups is 1. The Kier molecular flexibility index (Phi) is 12.2. The van der Waals surface area contributed by atoms with E-state index >= 15 is 0 Å². The van der Waals surface area contributed by atoms with Crippen LogP contribution >= 0.6 is 11.3 Å². The van der Waals surface area contributed by atoms with Crippen molar-refractivity contribution in [2.24, 2.45) is 0 Å². The summed E-state index contributed by atoms with van der Waals surface area (Å²) >= 11 is 1.65. The maximum absolute atomic E-state index is 13.2. The van der Waals surface area contributed by atoms with Gasteiger partial charge in [0.15, 0.2) is 5.82 Å². The van der Waals surface area contributed by atoms with Gasteiger partial charge < -0.3 is 19.7 Å². The number of likely N-dealkylation sites (tertiary alicyclic amines) is 1. The number of aromatic nitrogens is 4. The number of thiophene rings is 1. The van der Waals surface area contributed by atoms with E-state index in [1.807, 2.05) is 37.3 Å². The van der Waals surface area contributed by atoms with Gasteiger partial charge in [-0.05, 0) is 80.8 Å². The third-order valence-corrected chi connectivity index (χ3v) is 13.2. The Bertz CT molecular complexity index is 2550. The smallest absolute Gasteiger partial charge is 0.305 e. The second-order valence-electron chi connectivity index (χ2n) is 16.2. The van der Waals surface area contributed by atoms with Gasteiger partial charge in [0.25, 0.3) is 5.91 Å². The molecule has 7 heterocycles. The second-order valence-corrected chi connectivity index (χ2v) is 17.2. The molecule has 2 saturated heterocycles. The second kappa shape index (κ2) is 18.4. The highest BCUT2D eigenvalue weighted by Gasteiger charge is 2.40. The number of piperidine rings is 2. The molecule has 3 aromatic heterocycles. The van der Waals surface area contributed by atoms with Gasteiger partial charge in [-0.15, -0.1) is 21.5 Å². The molecule has 4 aliphatic heterocycles. The van der Waals surface area contributed by atoms with Crippen LogP contribution in [0.1, 0.15) is 98.9 Å². The first-order valence-corrected chi connectivity index (χ1v) is 22.1. The Morgan fingerprint density at radius 2 is 1.84 bits per heavy atom. The Morgan fingerprint density at radius 1 is 0.984 bits per heavy atom. The van der Waals surface area contributed by atoms with Crippen LogP contribution in [0, 0.1) is 18.8 Å². The SMILES string of the molecule is Cc1nnc2n1-c1sc(C#Cc3ccc(CCCC(=O)OCCN4CCC(Nc5cccc6c5CN(C5CCC(=O)NC5=O)C6=O)CC4)nc3)c(Cc3ccccc3)c1COC2. The fourth-order valence-corrected chi connectivity index (χ4v) is 9.95. The molecule has 9 rings (SSSR count). The average Bonchev–Trinajstić information content (AvgIpc) is 3.88. The number of rotatable bonds is 12. The minimum absolute atomic E-state index is 0.174. The number of nitrogens with one attached hydrogen (secondary N) is 2. The molecule has 15 heteroatoms. The monoisotopic (exact) mass is 852 g/mol. The highest BCUT2D eigenvalue weighted by atomic mass is 32.1. The largest absolute Gasteiger partial charge is 0.464 e. The summed E-state index contributed by atoms with van der Waals surface area (Å²) in [7, 11) is 0. The number of ether oxygens (including phenoxy) is 2. The van der Waals surface area contributed by atoms with Crippen LogP contribution in [0.2, 0.25) is 0 Å². The third kappa shape index (κ3) is 9.04. The number of hydrogen-bond donors (Lipinski definition) is 2. The average molecular weight is 853 g/mol. The van der Waals surface area contributed by atoms with Crippen LogP contribution < -0.4 is 10.6 Å². The van der Waals surface area contributed by atoms with Crippen LogP contribution in [-0.4, -0.2) is 91.6 Å². The Hall–Kier alpha value is -6.21. The van der Waals surface area contributed by atoms with Crippen molar-refractivity contribution in [2.75, 3.05) is 31.6 Å². The molecule has 2 aromatic carbocycles. The molecular formula is C47H48N8O6S. The van der Waals surface area contributed by atoms with E-state index in [1.54, 1.807) is 28.5 Å². The van der Waals surface area contributed by atoms with Crippen LogP contribution in [0.15, 0.2) is 66.9 Å². The lowest BCUT2D eigenvalue weighted by Gasteiger charge is -2.33. The molecule has 4 aliphatic rings. The van der Waals surface area contributed by atoms with Gasteiger partial charge in [-0.2, -0.15) is 0 Å². The summed E-state index contributed by atoms with van der Waals surface area (Å²) in [6.07, 6.45) is 6.55. The number of esters is 1. The maximum Gasteiger partial charge on any atom is 0.305 e. The fraction of sp³-hybridized carbons (Fsp3) is 0.383. The molecule has 318 valence electrons. The van der Waals surface area contributed by atoms with Gasteiger partial charge in [-0.3, -0.25) is 38.9 Å². The van der Waals surface area contributed by atoms with E-state index in [2.05, 4.69) is 71.4 Å². The number of amides is 3. The predicted octanol–water partition coefficient (Wildman–Crippen LogP) is 5.26. The number of carbonyl (C=O) groups is 4. The topological polar surface area (TPSA) is 161 Å². The Balaban J connectivity index is 0.715. The number of pyridine rings is 1. The van der Waals surface area contributed by atoms with Crippen molar-refractivity contribution in [1.29, 1.82) is 0 Å². The number of benzene rings is 2. The van der Waals surface area contributed by atoms with Crippen molar-refractivity contribution in [1.82, 2.24) is 34.9 Å². The number of aryl methyl sites for hydroxylation is 2. The van der Waals surface area contributed by atoms with Crippen molar-refractivity contribution in [2.45, 2.75) is 90.1 Å². The molecule has 0 aliphatic carbocycles. The highest BCUT2D eigenvalue weighted by molar-refractivity contribution is 7.15. The van der Waals surface area contributed by atoms with Crippen molar-refractivity contribution in [3.8, 4) is 16.8 Å². The van der Waals surface area contributed by atoms with E-state index in [4.69, 9.17) is 9.47 Å². The standard InChI is InChI=1S/C47H48N8O6S/c1-30-51-52-42-29-60-28-38-36(25-31-7-3-2-4-8-31)41(62-47(38)55(30)42)17-14-32-13-15-33(48-26-32)9-5-12-44(57)61-24-23-53-21-19-34(20-22-53)49-39-11-6-10-35-37(39)27-54(46(35)59)40-16-18-43(56)50-45(40)58/h2-4,6-8,10-11,13,15,26,34,40,49H,5,9,12,16,18-25,27-29H2,1H3,(H,50,56,58). The molecule has 2 fully saturated rings. The lowest BCUT2D eigenvalue weighted by molar-refractivity contribution is -0.144. The number of nitrogens with zero attached hydrogens (tertiary/aromatic N) is 6. The lowest BCUT2D eigenvalue weighted by Crippen LogP contribution is -2.52. The van der Waals surface area contributed by atoms with E-state index in [-0.39, 0.29) is 30.2 Å². The van der Waals surface area contributed by atoms with Crippen LogP contribution in [0.4, 0.5) is 5.69 Å². The van der Waals surface area contributed by atoms with Crippen molar-refractivity contribution >= 4 is 40.7 Å². The summed E-state index contributed by atoms with van der Waals surface area (Å²) in [6.45, 7) is 5.95. The molecule has 0 spiro atoms. The zero-order valence-electron chi connectivity index (χ0n) is 34.7. The van der Waals surface area contributed by atoms with Crippen LogP contribution in [0.25, 0.3) is 5.00 Å². The molecule has 5 aromatic rings. The van der Waals surface area contributed by atoms with Gasteiger partial charge in [-0.1, -0.05) is 48.2 Å². The first-order chi connectivity index (χ1) is 30.3. The molecule has 14 nitrogen and oxygen atoms in total. The van der Waals surface area contributed by atoms with Crippen LogP contribution in [0.5, 0.6) is 0 Å². The summed E-state index contributed by atoms with van der Waals surface area (Å²) < 4.78 is 13.7. The number of carbonyl (C=O) groups excluding carboxylic acids is 4. The molecule has 62 heavy (non-hydrogen) atoms. The molecule has 1 unspecified atom stereocenters. The lowest BCUT2D eigenvalue weighted by atomic mass is 10.0. The third-order valence-electron chi connectivity index (χ3n) is 12.1. The summed E-state index contributed by atoms with van der Waals surface area (Å²) in [5.41, 5.74) is 7.62. The van der Waals surface area contributed by atoms with Crippen LogP contribution in [-0.2, 0) is 56.5 Å². The van der Waals surface area contributed by atoms with Crippen molar-refractivity contribution < 1.29 is 28.7 Å². The van der Waals surface area contributed by atoms with E-state index in [9.17, 15) is 19.2 Å². The van der Waals surface area contributed by atoms with Gasteiger partial charge in [0.2, 0.25) is 11.8 Å². The zero-order chi connectivity index (χ0) is 42.6. The molecule has 0 bridgehead atoms. The quantitative estimate of drug-likeness (QED) is 0.0958. The number of hydrogen-bond acceptors (Lipinski definition) is 12. The van der Waals surface area contributed by atoms with Gasteiger partial charge in [0.1, 0.15) is 30.1 Å². The molecule has 2 N–H and O–H groups in total. The normalized spacial score (nSPS) is 17.7. The van der Waals surface area contributed by atoms with Crippen molar-refractivity contribution in [3.63, 3.8) is 0 Å². The minimum atomic E-state index is -0.638. The molecule has 0 saturated carbocycles. The van der Waals surface area contributed by atoms with E-state index < -0.39 is 11.9 Å². The van der Waals surface area contributed by atoms with Gasteiger partial charge in [0, 0.05) is 84.9 Å². The van der Waals surface area contributed by atoms with E-state index in [0.29, 0.717) is 64.2 Å². The first-order valence-electron chi connectivity index (χ1n) is 21.3. The van der Waals surface area contributed by atoms with Crippen molar-refractivity contribution in [3.05, 3.63) is 122 Å². The van der Waals surface area contributed by atoms with E-state index in [1.165, 1.54) is 5.56 Å². The number of anilines is 1. The van der Waals surface area contributed by atoms with Gasteiger partial charge in [-0.25, -0.2) is 0 Å². The van der Waals surface area contributed by atoms with E-state index in [0.717, 1.165) is 87.5 Å².